The molecule has 2 aliphatic rings. The average molecular weight is 378 g/mol. The van der Waals surface area contributed by atoms with Crippen LogP contribution in [0.2, 0.25) is 0 Å². The van der Waals surface area contributed by atoms with Gasteiger partial charge in [0, 0.05) is 54.5 Å². The minimum atomic E-state index is -0.339. The monoisotopic (exact) mass is 378 g/mol. The first-order valence-electron chi connectivity index (χ1n) is 10.1. The predicted octanol–water partition coefficient (Wildman–Crippen LogP) is 3.20. The van der Waals surface area contributed by atoms with Crippen molar-refractivity contribution in [3.05, 3.63) is 53.7 Å². The second-order valence-electron chi connectivity index (χ2n) is 8.13. The summed E-state index contributed by atoms with van der Waals surface area (Å²) in [5.41, 5.74) is 4.16. The summed E-state index contributed by atoms with van der Waals surface area (Å²) in [5, 5.41) is 1.42. The first-order chi connectivity index (χ1) is 13.7. The van der Waals surface area contributed by atoms with E-state index in [0.717, 1.165) is 25.9 Å². The number of fused-ring (bicyclic) bond motifs is 2. The van der Waals surface area contributed by atoms with Gasteiger partial charge in [0.15, 0.2) is 0 Å². The second-order valence-corrected chi connectivity index (χ2v) is 8.13. The third-order valence-corrected chi connectivity index (χ3v) is 6.44. The van der Waals surface area contributed by atoms with Crippen LogP contribution >= 0.6 is 0 Å². The number of H-pyrrole nitrogens is 1. The van der Waals surface area contributed by atoms with E-state index in [1.807, 2.05) is 17.7 Å². The van der Waals surface area contributed by atoms with E-state index in [0.29, 0.717) is 30.3 Å². The van der Waals surface area contributed by atoms with Crippen molar-refractivity contribution >= 4 is 16.9 Å². The van der Waals surface area contributed by atoms with Gasteiger partial charge in [-0.2, -0.15) is 0 Å². The molecule has 6 heteroatoms. The van der Waals surface area contributed by atoms with Gasteiger partial charge in [-0.1, -0.05) is 12.1 Å². The molecule has 0 amide bonds. The number of hydrogen-bond donors (Lipinski definition) is 1. The molecule has 3 unspecified atom stereocenters. The van der Waals surface area contributed by atoms with E-state index in [-0.39, 0.29) is 5.97 Å². The van der Waals surface area contributed by atoms with Crippen LogP contribution in [0.5, 0.6) is 0 Å². The molecule has 146 valence electrons. The number of piperidine rings is 1. The number of aromatic amines is 1. The van der Waals surface area contributed by atoms with Gasteiger partial charge in [-0.25, -0.2) is 9.78 Å². The highest BCUT2D eigenvalue weighted by molar-refractivity contribution is 5.88. The van der Waals surface area contributed by atoms with Crippen molar-refractivity contribution in [1.29, 1.82) is 0 Å². The molecule has 0 radical (unpaired) electrons. The van der Waals surface area contributed by atoms with Crippen LogP contribution in [0.3, 0.4) is 0 Å². The molecule has 3 heterocycles. The first-order valence-corrected chi connectivity index (χ1v) is 10.1. The summed E-state index contributed by atoms with van der Waals surface area (Å²) < 4.78 is 7.12. The molecule has 1 fully saturated rings. The number of likely N-dealkylation sites (tertiary alicyclic amines) is 1. The van der Waals surface area contributed by atoms with Gasteiger partial charge in [0.05, 0.1) is 6.61 Å². The van der Waals surface area contributed by atoms with Crippen LogP contribution in [-0.4, -0.2) is 51.6 Å². The lowest BCUT2D eigenvalue weighted by Crippen LogP contribution is -2.48. The highest BCUT2D eigenvalue weighted by Crippen LogP contribution is 2.44. The van der Waals surface area contributed by atoms with Gasteiger partial charge in [-0.15, -0.1) is 0 Å². The van der Waals surface area contributed by atoms with E-state index in [2.05, 4.69) is 46.3 Å². The molecule has 1 N–H and O–H groups in total. The Kier molecular flexibility index (Phi) is 4.23. The number of nitrogens with zero attached hydrogens (tertiary/aromatic N) is 3. The molecule has 0 saturated carbocycles. The molecule has 1 aliphatic carbocycles. The normalized spacial score (nSPS) is 24.3. The van der Waals surface area contributed by atoms with Crippen LogP contribution < -0.4 is 0 Å². The molecule has 3 atom stereocenters. The summed E-state index contributed by atoms with van der Waals surface area (Å²) in [5.74, 6) is 1.05. The summed E-state index contributed by atoms with van der Waals surface area (Å²) in [6.45, 7) is 4.00. The van der Waals surface area contributed by atoms with Crippen LogP contribution in [0.25, 0.3) is 10.9 Å². The van der Waals surface area contributed by atoms with Gasteiger partial charge in [-0.05, 0) is 49.9 Å². The van der Waals surface area contributed by atoms with E-state index in [1.54, 1.807) is 6.20 Å². The number of carbonyl (C=O) groups is 1. The van der Waals surface area contributed by atoms with Gasteiger partial charge < -0.3 is 19.2 Å². The summed E-state index contributed by atoms with van der Waals surface area (Å²) in [4.78, 5) is 22.4. The Labute approximate surface area is 164 Å². The Bertz CT molecular complexity index is 1020. The van der Waals surface area contributed by atoms with Gasteiger partial charge in [0.2, 0.25) is 5.82 Å². The third kappa shape index (κ3) is 2.75. The van der Waals surface area contributed by atoms with Crippen LogP contribution in [0, 0.1) is 5.92 Å². The Hall–Kier alpha value is -2.60. The van der Waals surface area contributed by atoms with E-state index in [9.17, 15) is 4.79 Å². The highest BCUT2D eigenvalue weighted by atomic mass is 16.5. The fourth-order valence-corrected chi connectivity index (χ4v) is 5.31. The molecular formula is C22H26N4O2. The number of imidazole rings is 1. The Balaban J connectivity index is 1.42. The fourth-order valence-electron chi connectivity index (χ4n) is 5.31. The summed E-state index contributed by atoms with van der Waals surface area (Å²) in [6.07, 6.45) is 7.99. The number of benzene rings is 1. The molecule has 1 aliphatic heterocycles. The summed E-state index contributed by atoms with van der Waals surface area (Å²) >= 11 is 0. The molecule has 3 aromatic rings. The number of nitrogens with one attached hydrogen (secondary N) is 1. The molecule has 28 heavy (non-hydrogen) atoms. The number of rotatable bonds is 4. The Morgan fingerprint density at radius 1 is 1.39 bits per heavy atom. The summed E-state index contributed by atoms with van der Waals surface area (Å²) in [6, 6.07) is 7.17. The zero-order valence-corrected chi connectivity index (χ0v) is 16.4. The molecule has 1 aromatic carbocycles. The standard InChI is InChI=1S/C22H26N4O2/c1-3-28-22(27)21-23-7-8-26(21)13-14-9-17-16-5-4-6-18-20(16)15(11-24-18)10-19(17)25(2)12-14/h4-8,11,14,17,19,24H,3,9-10,12-13H2,1-2H3. The lowest BCUT2D eigenvalue weighted by atomic mass is 9.72. The van der Waals surface area contributed by atoms with Crippen molar-refractivity contribution in [3.8, 4) is 0 Å². The largest absolute Gasteiger partial charge is 0.460 e. The van der Waals surface area contributed by atoms with Crippen LogP contribution in [0.4, 0.5) is 0 Å². The van der Waals surface area contributed by atoms with Crippen molar-refractivity contribution in [2.45, 2.75) is 38.3 Å². The Morgan fingerprint density at radius 3 is 3.14 bits per heavy atom. The van der Waals surface area contributed by atoms with Gasteiger partial charge in [0.25, 0.3) is 0 Å². The third-order valence-electron chi connectivity index (χ3n) is 6.44. The first kappa shape index (κ1) is 17.5. The lowest BCUT2D eigenvalue weighted by molar-refractivity contribution is 0.0500. The van der Waals surface area contributed by atoms with Crippen molar-refractivity contribution in [2.24, 2.45) is 5.92 Å². The SMILES string of the molecule is CCOC(=O)c1nccn1CC1CC2c3cccc4[nH]cc(c34)CC2N(C)C1. The van der Waals surface area contributed by atoms with Crippen LogP contribution in [0.15, 0.2) is 36.8 Å². The van der Waals surface area contributed by atoms with Crippen molar-refractivity contribution in [3.63, 3.8) is 0 Å². The molecule has 1 saturated heterocycles. The van der Waals surface area contributed by atoms with E-state index in [4.69, 9.17) is 4.74 Å². The maximum atomic E-state index is 12.2. The van der Waals surface area contributed by atoms with Crippen LogP contribution in [0.1, 0.15) is 41.0 Å². The molecule has 6 nitrogen and oxygen atoms in total. The van der Waals surface area contributed by atoms with Crippen molar-refractivity contribution in [1.82, 2.24) is 19.4 Å². The van der Waals surface area contributed by atoms with Gasteiger partial charge >= 0.3 is 5.97 Å². The minimum Gasteiger partial charge on any atom is -0.460 e. The van der Waals surface area contributed by atoms with E-state index in [1.165, 1.54) is 22.0 Å². The molecule has 0 spiro atoms. The molecule has 5 rings (SSSR count). The maximum absolute atomic E-state index is 12.2. The van der Waals surface area contributed by atoms with E-state index < -0.39 is 0 Å². The topological polar surface area (TPSA) is 63.1 Å². The zero-order chi connectivity index (χ0) is 19.3. The predicted molar refractivity (Wildman–Crippen MR) is 107 cm³/mol. The average Bonchev–Trinajstić information content (AvgIpc) is 3.31. The number of carbonyl (C=O) groups excluding carboxylic acids is 1. The van der Waals surface area contributed by atoms with Crippen molar-refractivity contribution < 1.29 is 9.53 Å². The summed E-state index contributed by atoms with van der Waals surface area (Å²) in [7, 11) is 2.24. The maximum Gasteiger partial charge on any atom is 0.374 e. The second kappa shape index (κ2) is 6.78. The number of aromatic nitrogens is 3. The minimum absolute atomic E-state index is 0.339. The van der Waals surface area contributed by atoms with Gasteiger partial charge in [0.1, 0.15) is 0 Å². The van der Waals surface area contributed by atoms with Crippen molar-refractivity contribution in [2.75, 3.05) is 20.2 Å². The number of ether oxygens (including phenoxy) is 1. The van der Waals surface area contributed by atoms with E-state index >= 15 is 0 Å². The zero-order valence-electron chi connectivity index (χ0n) is 16.4. The highest BCUT2D eigenvalue weighted by Gasteiger charge is 2.39. The Morgan fingerprint density at radius 2 is 2.29 bits per heavy atom. The molecular weight excluding hydrogens is 352 g/mol. The number of hydrogen-bond acceptors (Lipinski definition) is 4. The van der Waals surface area contributed by atoms with Gasteiger partial charge in [-0.3, -0.25) is 0 Å². The molecule has 0 bridgehead atoms. The molecule has 2 aromatic heterocycles. The quantitative estimate of drug-likeness (QED) is 0.708. The van der Waals surface area contributed by atoms with Crippen LogP contribution in [-0.2, 0) is 17.7 Å². The fraction of sp³-hybridized carbons (Fsp3) is 0.455. The smallest absolute Gasteiger partial charge is 0.374 e. The number of esters is 1. The number of likely N-dealkylation sites (N-methyl/N-ethyl adjacent to an activating group) is 1. The lowest BCUT2D eigenvalue weighted by Gasteiger charge is -2.45.